The van der Waals surface area contributed by atoms with Gasteiger partial charge in [-0.05, 0) is 18.2 Å². The third kappa shape index (κ3) is 3.19. The molecule has 4 nitrogen and oxygen atoms in total. The Morgan fingerprint density at radius 3 is 2.74 bits per heavy atom. The van der Waals surface area contributed by atoms with Gasteiger partial charge in [0.25, 0.3) is 0 Å². The first-order chi connectivity index (χ1) is 9.13. The molecule has 1 aromatic heterocycles. The number of aromatic nitrogens is 2. The van der Waals surface area contributed by atoms with Crippen molar-refractivity contribution < 1.29 is 9.13 Å². The predicted octanol–water partition coefficient (Wildman–Crippen LogP) is 3.12. The Balaban J connectivity index is 2.51. The van der Waals surface area contributed by atoms with Gasteiger partial charge in [0.1, 0.15) is 18.2 Å². The van der Waals surface area contributed by atoms with Crippen LogP contribution in [0.15, 0.2) is 24.3 Å². The molecule has 0 saturated heterocycles. The maximum atomic E-state index is 13.9. The number of ether oxygens (including phenoxy) is 1. The summed E-state index contributed by atoms with van der Waals surface area (Å²) in [7, 11) is 3.29. The van der Waals surface area contributed by atoms with E-state index in [0.29, 0.717) is 27.9 Å². The Morgan fingerprint density at radius 1 is 1.32 bits per heavy atom. The highest BCUT2D eigenvalue weighted by Gasteiger charge is 2.10. The molecule has 1 N–H and O–H groups in total. The number of benzene rings is 1. The molecule has 0 radical (unpaired) electrons. The lowest BCUT2D eigenvalue weighted by molar-refractivity contribution is 0.178. The topological polar surface area (TPSA) is 47.0 Å². The monoisotopic (exact) mass is 281 g/mol. The van der Waals surface area contributed by atoms with E-state index in [2.05, 4.69) is 15.3 Å². The van der Waals surface area contributed by atoms with E-state index < -0.39 is 5.82 Å². The predicted molar refractivity (Wildman–Crippen MR) is 72.7 cm³/mol. The molecule has 2 rings (SSSR count). The summed E-state index contributed by atoms with van der Waals surface area (Å²) in [6, 6.07) is 6.15. The van der Waals surface area contributed by atoms with Gasteiger partial charge in [-0.1, -0.05) is 11.6 Å². The summed E-state index contributed by atoms with van der Waals surface area (Å²) in [6.07, 6.45) is 0. The molecule has 0 atom stereocenters. The van der Waals surface area contributed by atoms with Gasteiger partial charge >= 0.3 is 0 Å². The third-order valence-corrected chi connectivity index (χ3v) is 2.74. The first-order valence-corrected chi connectivity index (χ1v) is 6.02. The highest BCUT2D eigenvalue weighted by molar-refractivity contribution is 6.30. The Morgan fingerprint density at radius 2 is 2.11 bits per heavy atom. The van der Waals surface area contributed by atoms with Crippen LogP contribution in [0.2, 0.25) is 5.02 Å². The molecule has 0 bridgehead atoms. The van der Waals surface area contributed by atoms with Crippen molar-refractivity contribution in [1.29, 1.82) is 0 Å². The van der Waals surface area contributed by atoms with E-state index in [9.17, 15) is 4.39 Å². The van der Waals surface area contributed by atoms with E-state index in [4.69, 9.17) is 16.3 Å². The van der Waals surface area contributed by atoms with Crippen molar-refractivity contribution in [3.63, 3.8) is 0 Å². The van der Waals surface area contributed by atoms with Crippen LogP contribution in [0.1, 0.15) is 5.82 Å². The molecule has 19 heavy (non-hydrogen) atoms. The molecule has 0 spiro atoms. The van der Waals surface area contributed by atoms with Gasteiger partial charge in [-0.2, -0.15) is 0 Å². The zero-order chi connectivity index (χ0) is 13.8. The molecule has 0 fully saturated rings. The number of nitrogens with zero attached hydrogens (tertiary/aromatic N) is 2. The van der Waals surface area contributed by atoms with Crippen LogP contribution in [0, 0.1) is 5.82 Å². The number of methoxy groups -OCH3 is 1. The number of hydrogen-bond donors (Lipinski definition) is 1. The van der Waals surface area contributed by atoms with Crippen molar-refractivity contribution >= 4 is 17.4 Å². The fourth-order valence-corrected chi connectivity index (χ4v) is 1.81. The highest BCUT2D eigenvalue weighted by Crippen LogP contribution is 2.25. The van der Waals surface area contributed by atoms with Gasteiger partial charge in [-0.25, -0.2) is 14.4 Å². The normalized spacial score (nSPS) is 10.5. The summed E-state index contributed by atoms with van der Waals surface area (Å²) >= 11 is 5.74. The Hall–Kier alpha value is -1.72. The van der Waals surface area contributed by atoms with Crippen LogP contribution in [0.4, 0.5) is 10.2 Å². The van der Waals surface area contributed by atoms with Crippen LogP contribution in [-0.4, -0.2) is 24.1 Å². The first-order valence-electron chi connectivity index (χ1n) is 5.64. The van der Waals surface area contributed by atoms with Crippen LogP contribution < -0.4 is 5.32 Å². The fraction of sp³-hybridized carbons (Fsp3) is 0.231. The van der Waals surface area contributed by atoms with Crippen LogP contribution in [0.5, 0.6) is 0 Å². The minimum Gasteiger partial charge on any atom is -0.377 e. The smallest absolute Gasteiger partial charge is 0.157 e. The number of anilines is 1. The van der Waals surface area contributed by atoms with Crippen molar-refractivity contribution in [1.82, 2.24) is 9.97 Å². The molecule has 0 aliphatic heterocycles. The number of nitrogens with one attached hydrogen (secondary N) is 1. The lowest BCUT2D eigenvalue weighted by Gasteiger charge is -2.08. The maximum Gasteiger partial charge on any atom is 0.157 e. The molecule has 0 amide bonds. The Kier molecular flexibility index (Phi) is 4.29. The van der Waals surface area contributed by atoms with Crippen LogP contribution in [0.25, 0.3) is 11.3 Å². The summed E-state index contributed by atoms with van der Waals surface area (Å²) in [4.78, 5) is 8.49. The van der Waals surface area contributed by atoms with Crippen molar-refractivity contribution in [2.24, 2.45) is 0 Å². The molecular weight excluding hydrogens is 269 g/mol. The van der Waals surface area contributed by atoms with Crippen LogP contribution >= 0.6 is 11.6 Å². The number of halogens is 2. The molecule has 1 heterocycles. The largest absolute Gasteiger partial charge is 0.377 e. The lowest BCUT2D eigenvalue weighted by Crippen LogP contribution is -2.03. The summed E-state index contributed by atoms with van der Waals surface area (Å²) in [5.41, 5.74) is 0.862. The van der Waals surface area contributed by atoms with Crippen molar-refractivity contribution in [2.75, 3.05) is 19.5 Å². The van der Waals surface area contributed by atoms with E-state index in [-0.39, 0.29) is 6.61 Å². The van der Waals surface area contributed by atoms with Crippen LogP contribution in [-0.2, 0) is 11.3 Å². The van der Waals surface area contributed by atoms with Crippen molar-refractivity contribution in [2.45, 2.75) is 6.61 Å². The average Bonchev–Trinajstić information content (AvgIpc) is 2.38. The van der Waals surface area contributed by atoms with Gasteiger partial charge in [0.2, 0.25) is 0 Å². The van der Waals surface area contributed by atoms with E-state index in [0.717, 1.165) is 0 Å². The fourth-order valence-electron chi connectivity index (χ4n) is 1.65. The van der Waals surface area contributed by atoms with Gasteiger partial charge in [0, 0.05) is 30.8 Å². The summed E-state index contributed by atoms with van der Waals surface area (Å²) in [5.74, 6) is 0.668. The second-order valence-corrected chi connectivity index (χ2v) is 4.30. The summed E-state index contributed by atoms with van der Waals surface area (Å²) in [6.45, 7) is 0.262. The van der Waals surface area contributed by atoms with Crippen LogP contribution in [0.3, 0.4) is 0 Å². The highest BCUT2D eigenvalue weighted by atomic mass is 35.5. The molecule has 6 heteroatoms. The summed E-state index contributed by atoms with van der Waals surface area (Å²) < 4.78 is 18.9. The SMILES string of the molecule is CNc1cc(-c2ccc(Cl)cc2F)nc(COC)n1. The molecule has 0 aliphatic carbocycles. The van der Waals surface area contributed by atoms with Gasteiger partial charge in [0.15, 0.2) is 5.82 Å². The maximum absolute atomic E-state index is 13.9. The second-order valence-electron chi connectivity index (χ2n) is 3.86. The lowest BCUT2D eigenvalue weighted by atomic mass is 10.1. The summed E-state index contributed by atoms with van der Waals surface area (Å²) in [5, 5.41) is 3.26. The second kappa shape index (κ2) is 5.95. The van der Waals surface area contributed by atoms with E-state index in [1.54, 1.807) is 32.4 Å². The van der Waals surface area contributed by atoms with Crippen molar-refractivity contribution in [3.8, 4) is 11.3 Å². The van der Waals surface area contributed by atoms with Crippen molar-refractivity contribution in [3.05, 3.63) is 40.9 Å². The first kappa shape index (κ1) is 13.7. The zero-order valence-electron chi connectivity index (χ0n) is 10.6. The Bertz CT molecular complexity index is 592. The van der Waals surface area contributed by atoms with E-state index in [1.165, 1.54) is 6.07 Å². The standard InChI is InChI=1S/C13H13ClFN3O/c1-16-12-6-11(17-13(18-12)7-19-2)9-4-3-8(14)5-10(9)15/h3-6H,7H2,1-2H3,(H,16,17,18). The van der Waals surface area contributed by atoms with Gasteiger partial charge in [-0.15, -0.1) is 0 Å². The average molecular weight is 282 g/mol. The molecule has 1 aromatic carbocycles. The minimum atomic E-state index is -0.420. The molecule has 0 unspecified atom stereocenters. The zero-order valence-corrected chi connectivity index (χ0v) is 11.3. The van der Waals surface area contributed by atoms with Gasteiger partial charge in [0.05, 0.1) is 5.69 Å². The molecule has 2 aromatic rings. The number of rotatable bonds is 4. The minimum absolute atomic E-state index is 0.262. The quantitative estimate of drug-likeness (QED) is 0.935. The van der Waals surface area contributed by atoms with Gasteiger partial charge < -0.3 is 10.1 Å². The van der Waals surface area contributed by atoms with E-state index in [1.807, 2.05) is 0 Å². The third-order valence-electron chi connectivity index (χ3n) is 2.51. The number of hydrogen-bond acceptors (Lipinski definition) is 4. The molecule has 0 aliphatic rings. The van der Waals surface area contributed by atoms with Gasteiger partial charge in [-0.3, -0.25) is 0 Å². The molecule has 0 saturated carbocycles. The Labute approximate surface area is 115 Å². The molecule has 100 valence electrons. The molecular formula is C13H13ClFN3O. The van der Waals surface area contributed by atoms with E-state index >= 15 is 0 Å².